The summed E-state index contributed by atoms with van der Waals surface area (Å²) in [4.78, 5) is 9.09. The third-order valence-corrected chi connectivity index (χ3v) is 4.95. The molecular formula is C24H26N4O4. The van der Waals surface area contributed by atoms with Crippen molar-refractivity contribution in [3.8, 4) is 23.0 Å². The third kappa shape index (κ3) is 4.75. The number of nitrogens with two attached hydrogens (primary N) is 2. The van der Waals surface area contributed by atoms with Crippen molar-refractivity contribution in [3.05, 3.63) is 59.7 Å². The molecule has 0 amide bonds. The van der Waals surface area contributed by atoms with Gasteiger partial charge in [-0.15, -0.1) is 0 Å². The quantitative estimate of drug-likeness (QED) is 0.332. The molecule has 0 heterocycles. The molecule has 0 atom stereocenters. The van der Waals surface area contributed by atoms with Gasteiger partial charge in [0.25, 0.3) is 0 Å². The number of benzene rings is 3. The number of phenolic OH excluding ortho intramolecular Hbond substituents is 2. The van der Waals surface area contributed by atoms with E-state index >= 15 is 0 Å². The molecule has 0 fully saturated rings. The molecule has 0 spiro atoms. The molecule has 0 saturated heterocycles. The molecule has 0 unspecified atom stereocenters. The summed E-state index contributed by atoms with van der Waals surface area (Å²) in [5, 5.41) is 20.9. The fourth-order valence-corrected chi connectivity index (χ4v) is 3.13. The molecule has 8 nitrogen and oxygen atoms in total. The van der Waals surface area contributed by atoms with Gasteiger partial charge in [0.15, 0.2) is 0 Å². The first kappa shape index (κ1) is 22.5. The van der Waals surface area contributed by atoms with Crippen LogP contribution in [-0.4, -0.2) is 35.9 Å². The lowest BCUT2D eigenvalue weighted by molar-refractivity contribution is 0.415. The van der Waals surface area contributed by atoms with Crippen molar-refractivity contribution < 1.29 is 19.7 Å². The molecule has 166 valence electrons. The molecule has 32 heavy (non-hydrogen) atoms. The Morgan fingerprint density at radius 1 is 0.688 bits per heavy atom. The molecule has 3 aromatic rings. The summed E-state index contributed by atoms with van der Waals surface area (Å²) in [5.41, 5.74) is 15.8. The first-order valence-corrected chi connectivity index (χ1v) is 9.77. The molecule has 0 aromatic heterocycles. The summed E-state index contributed by atoms with van der Waals surface area (Å²) in [5.74, 6) is 0.978. The van der Waals surface area contributed by atoms with Crippen molar-refractivity contribution in [1.29, 1.82) is 0 Å². The first-order chi connectivity index (χ1) is 15.2. The summed E-state index contributed by atoms with van der Waals surface area (Å²) < 4.78 is 10.5. The predicted octanol–water partition coefficient (Wildman–Crippen LogP) is 4.56. The van der Waals surface area contributed by atoms with Crippen molar-refractivity contribution in [2.45, 2.75) is 13.8 Å². The van der Waals surface area contributed by atoms with Crippen LogP contribution in [-0.2, 0) is 0 Å². The number of nitrogen functional groups attached to an aromatic ring is 2. The van der Waals surface area contributed by atoms with Gasteiger partial charge in [-0.3, -0.25) is 9.98 Å². The van der Waals surface area contributed by atoms with Gasteiger partial charge in [-0.05, 0) is 44.2 Å². The summed E-state index contributed by atoms with van der Waals surface area (Å²) in [6.07, 6.45) is 0. The van der Waals surface area contributed by atoms with Crippen LogP contribution in [0.2, 0.25) is 0 Å². The highest BCUT2D eigenvalue weighted by Crippen LogP contribution is 2.33. The van der Waals surface area contributed by atoms with Gasteiger partial charge in [-0.1, -0.05) is 0 Å². The molecule has 0 radical (unpaired) electrons. The normalized spacial score (nSPS) is 12.0. The zero-order valence-electron chi connectivity index (χ0n) is 18.4. The second-order valence-electron chi connectivity index (χ2n) is 7.13. The van der Waals surface area contributed by atoms with E-state index in [0.29, 0.717) is 56.8 Å². The Balaban J connectivity index is 2.06. The van der Waals surface area contributed by atoms with Crippen LogP contribution >= 0.6 is 0 Å². The third-order valence-electron chi connectivity index (χ3n) is 4.95. The SMILES string of the molecule is COc1ccc(N)c(N=C(C)c2cc(C(C)=Nc3cc(OC)ccc3N)c(O)cc2O)c1. The van der Waals surface area contributed by atoms with E-state index in [-0.39, 0.29) is 11.5 Å². The molecule has 0 bridgehead atoms. The van der Waals surface area contributed by atoms with Gasteiger partial charge in [0, 0.05) is 40.7 Å². The topological polar surface area (TPSA) is 136 Å². The second kappa shape index (κ2) is 9.30. The molecule has 0 aliphatic heterocycles. The van der Waals surface area contributed by atoms with Crippen LogP contribution in [0.5, 0.6) is 23.0 Å². The number of hydrogen-bond donors (Lipinski definition) is 4. The molecule has 0 aliphatic carbocycles. The smallest absolute Gasteiger partial charge is 0.128 e. The van der Waals surface area contributed by atoms with Gasteiger partial charge in [-0.2, -0.15) is 0 Å². The average molecular weight is 434 g/mol. The summed E-state index contributed by atoms with van der Waals surface area (Å²) in [7, 11) is 3.11. The maximum Gasteiger partial charge on any atom is 0.128 e. The molecular weight excluding hydrogens is 408 g/mol. The molecule has 3 rings (SSSR count). The second-order valence-corrected chi connectivity index (χ2v) is 7.13. The van der Waals surface area contributed by atoms with E-state index in [1.165, 1.54) is 6.07 Å². The monoisotopic (exact) mass is 434 g/mol. The predicted molar refractivity (Wildman–Crippen MR) is 128 cm³/mol. The lowest BCUT2D eigenvalue weighted by Gasteiger charge is -2.12. The zero-order chi connectivity index (χ0) is 23.4. The van der Waals surface area contributed by atoms with Gasteiger partial charge in [0.1, 0.15) is 23.0 Å². The number of anilines is 2. The van der Waals surface area contributed by atoms with Crippen LogP contribution in [0, 0.1) is 0 Å². The van der Waals surface area contributed by atoms with E-state index in [1.54, 1.807) is 70.5 Å². The fraction of sp³-hybridized carbons (Fsp3) is 0.167. The van der Waals surface area contributed by atoms with E-state index in [0.717, 1.165) is 0 Å². The number of rotatable bonds is 6. The van der Waals surface area contributed by atoms with Crippen molar-refractivity contribution >= 4 is 34.2 Å². The number of aliphatic imine (C=N–C) groups is 2. The summed E-state index contributed by atoms with van der Waals surface area (Å²) in [6.45, 7) is 3.47. The maximum absolute atomic E-state index is 10.4. The van der Waals surface area contributed by atoms with Crippen molar-refractivity contribution in [3.63, 3.8) is 0 Å². The molecule has 6 N–H and O–H groups in total. The van der Waals surface area contributed by atoms with Gasteiger partial charge in [0.2, 0.25) is 0 Å². The highest BCUT2D eigenvalue weighted by atomic mass is 16.5. The Morgan fingerprint density at radius 2 is 1.09 bits per heavy atom. The minimum Gasteiger partial charge on any atom is -0.507 e. The van der Waals surface area contributed by atoms with E-state index in [4.69, 9.17) is 20.9 Å². The Bertz CT molecular complexity index is 1130. The Kier molecular flexibility index (Phi) is 6.53. The van der Waals surface area contributed by atoms with E-state index < -0.39 is 0 Å². The van der Waals surface area contributed by atoms with E-state index in [9.17, 15) is 10.2 Å². The van der Waals surface area contributed by atoms with Gasteiger partial charge in [0.05, 0.1) is 37.0 Å². The highest BCUT2D eigenvalue weighted by Gasteiger charge is 2.14. The van der Waals surface area contributed by atoms with Crippen molar-refractivity contribution in [2.24, 2.45) is 9.98 Å². The summed E-state index contributed by atoms with van der Waals surface area (Å²) in [6, 6.07) is 13.2. The minimum atomic E-state index is -0.123. The van der Waals surface area contributed by atoms with Gasteiger partial charge in [-0.25, -0.2) is 0 Å². The van der Waals surface area contributed by atoms with Crippen LogP contribution in [0.15, 0.2) is 58.5 Å². The van der Waals surface area contributed by atoms with Gasteiger partial charge < -0.3 is 31.2 Å². The lowest BCUT2D eigenvalue weighted by Crippen LogP contribution is -2.02. The number of ether oxygens (including phenoxy) is 2. The largest absolute Gasteiger partial charge is 0.507 e. The Morgan fingerprint density at radius 3 is 1.47 bits per heavy atom. The summed E-state index contributed by atoms with van der Waals surface area (Å²) >= 11 is 0. The number of nitrogens with zero attached hydrogens (tertiary/aromatic N) is 2. The standard InChI is InChI=1S/C24H26N4O4/c1-13(27-21-9-15(31-3)5-7-19(21)25)17-11-18(24(30)12-23(17)29)14(2)28-22-10-16(32-4)6-8-20(22)26/h5-12,29-30H,25-26H2,1-4H3. The molecule has 8 heteroatoms. The lowest BCUT2D eigenvalue weighted by atomic mass is 10.0. The van der Waals surface area contributed by atoms with E-state index in [2.05, 4.69) is 9.98 Å². The van der Waals surface area contributed by atoms with Crippen LogP contribution < -0.4 is 20.9 Å². The van der Waals surface area contributed by atoms with Gasteiger partial charge >= 0.3 is 0 Å². The number of hydrogen-bond acceptors (Lipinski definition) is 8. The first-order valence-electron chi connectivity index (χ1n) is 9.77. The average Bonchev–Trinajstić information content (AvgIpc) is 2.76. The van der Waals surface area contributed by atoms with Crippen molar-refractivity contribution in [2.75, 3.05) is 25.7 Å². The Hall–Kier alpha value is -4.20. The number of phenols is 2. The van der Waals surface area contributed by atoms with Crippen LogP contribution in [0.25, 0.3) is 0 Å². The molecule has 0 saturated carbocycles. The van der Waals surface area contributed by atoms with E-state index in [1.807, 2.05) is 0 Å². The van der Waals surface area contributed by atoms with Crippen LogP contribution in [0.3, 0.4) is 0 Å². The number of methoxy groups -OCH3 is 2. The van der Waals surface area contributed by atoms with Crippen LogP contribution in [0.4, 0.5) is 22.7 Å². The minimum absolute atomic E-state index is 0.123. The Labute approximate surface area is 186 Å². The number of aromatic hydroxyl groups is 2. The van der Waals surface area contributed by atoms with Crippen LogP contribution in [0.1, 0.15) is 25.0 Å². The maximum atomic E-state index is 10.4. The fourth-order valence-electron chi connectivity index (χ4n) is 3.13. The van der Waals surface area contributed by atoms with Crippen molar-refractivity contribution in [1.82, 2.24) is 0 Å². The zero-order valence-corrected chi connectivity index (χ0v) is 18.4. The molecule has 3 aromatic carbocycles. The molecule has 0 aliphatic rings. The highest BCUT2D eigenvalue weighted by molar-refractivity contribution is 6.08.